The second-order valence-corrected chi connectivity index (χ2v) is 5.19. The van der Waals surface area contributed by atoms with Crippen LogP contribution in [-0.4, -0.2) is 65.3 Å². The number of aliphatic carboxylic acids is 1. The molecule has 2 amide bonds. The summed E-state index contributed by atoms with van der Waals surface area (Å²) in [6.45, 7) is 6.68. The molecular weight excluding hydrogens is 236 g/mol. The molecule has 0 saturated carbocycles. The van der Waals surface area contributed by atoms with Crippen molar-refractivity contribution in [2.45, 2.75) is 38.8 Å². The van der Waals surface area contributed by atoms with Gasteiger partial charge in [0.2, 0.25) is 0 Å². The van der Waals surface area contributed by atoms with Crippen molar-refractivity contribution in [2.24, 2.45) is 0 Å². The number of nitrogens with zero attached hydrogens (tertiary/aromatic N) is 2. The highest BCUT2D eigenvalue weighted by atomic mass is 16.5. The number of ether oxygens (including phenoxy) is 1. The maximum absolute atomic E-state index is 12.3. The summed E-state index contributed by atoms with van der Waals surface area (Å²) in [6.07, 6.45) is 0.759. The van der Waals surface area contributed by atoms with Crippen LogP contribution in [0.2, 0.25) is 0 Å². The summed E-state index contributed by atoms with van der Waals surface area (Å²) in [5, 5.41) is 9.13. The van der Waals surface area contributed by atoms with Crippen molar-refractivity contribution >= 4 is 12.0 Å². The molecule has 0 aromatic rings. The highest BCUT2D eigenvalue weighted by Crippen LogP contribution is 2.16. The van der Waals surface area contributed by atoms with E-state index < -0.39 is 11.5 Å². The zero-order valence-electron chi connectivity index (χ0n) is 11.5. The van der Waals surface area contributed by atoms with Crippen LogP contribution >= 0.6 is 0 Å². The van der Waals surface area contributed by atoms with Gasteiger partial charge in [-0.2, -0.15) is 0 Å². The largest absolute Gasteiger partial charge is 0.480 e. The fourth-order valence-corrected chi connectivity index (χ4v) is 1.76. The van der Waals surface area contributed by atoms with Crippen LogP contribution in [0.1, 0.15) is 27.2 Å². The van der Waals surface area contributed by atoms with Gasteiger partial charge >= 0.3 is 12.0 Å². The second-order valence-electron chi connectivity index (χ2n) is 5.19. The number of rotatable bonds is 2. The molecule has 1 aliphatic rings. The van der Waals surface area contributed by atoms with Gasteiger partial charge in [-0.05, 0) is 27.2 Å². The van der Waals surface area contributed by atoms with E-state index in [0.717, 1.165) is 6.42 Å². The summed E-state index contributed by atoms with van der Waals surface area (Å²) in [7, 11) is 1.52. The quantitative estimate of drug-likeness (QED) is 0.802. The van der Waals surface area contributed by atoms with Crippen molar-refractivity contribution in [3.8, 4) is 0 Å². The third kappa shape index (κ3) is 3.13. The fourth-order valence-electron chi connectivity index (χ4n) is 1.76. The minimum absolute atomic E-state index is 0.0159. The van der Waals surface area contributed by atoms with Crippen LogP contribution in [0.15, 0.2) is 0 Å². The first-order chi connectivity index (χ1) is 8.26. The minimum atomic E-state index is -1.21. The first kappa shape index (κ1) is 14.8. The topological polar surface area (TPSA) is 70.1 Å². The molecule has 1 N–H and O–H groups in total. The van der Waals surface area contributed by atoms with E-state index >= 15 is 0 Å². The molecule has 18 heavy (non-hydrogen) atoms. The number of carboxylic acid groups (broad SMARTS) is 1. The Balaban J connectivity index is 2.76. The van der Waals surface area contributed by atoms with Crippen molar-refractivity contribution in [1.29, 1.82) is 0 Å². The number of amides is 2. The summed E-state index contributed by atoms with van der Waals surface area (Å²) >= 11 is 0. The van der Waals surface area contributed by atoms with Crippen molar-refractivity contribution in [2.75, 3.05) is 26.7 Å². The van der Waals surface area contributed by atoms with Crippen LogP contribution in [0.3, 0.4) is 0 Å². The first-order valence-electron chi connectivity index (χ1n) is 6.14. The Morgan fingerprint density at radius 2 is 2.06 bits per heavy atom. The molecule has 0 aromatic heterocycles. The fraction of sp³-hybridized carbons (Fsp3) is 0.833. The Labute approximate surface area is 107 Å². The average molecular weight is 258 g/mol. The number of likely N-dealkylation sites (N-methyl/N-ethyl adjacent to an activating group) is 1. The number of hydrogen-bond acceptors (Lipinski definition) is 3. The Hall–Kier alpha value is -1.30. The van der Waals surface area contributed by atoms with Gasteiger partial charge < -0.3 is 19.6 Å². The molecule has 0 aromatic carbocycles. The molecular formula is C12H22N2O4. The summed E-state index contributed by atoms with van der Waals surface area (Å²) in [4.78, 5) is 26.4. The molecule has 6 heteroatoms. The number of carbonyl (C=O) groups excluding carboxylic acids is 1. The van der Waals surface area contributed by atoms with Crippen molar-refractivity contribution < 1.29 is 19.4 Å². The van der Waals surface area contributed by atoms with E-state index in [9.17, 15) is 9.59 Å². The second kappa shape index (κ2) is 5.56. The highest BCUT2D eigenvalue weighted by Gasteiger charge is 2.37. The van der Waals surface area contributed by atoms with E-state index in [4.69, 9.17) is 9.84 Å². The Morgan fingerprint density at radius 1 is 1.44 bits per heavy atom. The lowest BCUT2D eigenvalue weighted by molar-refractivity contribution is -0.147. The van der Waals surface area contributed by atoms with Crippen LogP contribution in [0.25, 0.3) is 0 Å². The summed E-state index contributed by atoms with van der Waals surface area (Å²) < 4.78 is 5.47. The highest BCUT2D eigenvalue weighted by molar-refractivity contribution is 5.85. The molecule has 1 aliphatic heterocycles. The Morgan fingerprint density at radius 3 is 2.61 bits per heavy atom. The van der Waals surface area contributed by atoms with Gasteiger partial charge in [0.15, 0.2) is 0 Å². The third-order valence-corrected chi connectivity index (χ3v) is 3.37. The number of hydrogen-bond donors (Lipinski definition) is 1. The van der Waals surface area contributed by atoms with E-state index in [1.165, 1.54) is 25.8 Å². The Bertz CT molecular complexity index is 330. The van der Waals surface area contributed by atoms with Crippen molar-refractivity contribution in [1.82, 2.24) is 9.80 Å². The van der Waals surface area contributed by atoms with Gasteiger partial charge in [0.1, 0.15) is 5.54 Å². The molecule has 1 atom stereocenters. The summed E-state index contributed by atoms with van der Waals surface area (Å²) in [5.74, 6) is -1.02. The normalized spacial score (nSPS) is 21.3. The maximum Gasteiger partial charge on any atom is 0.329 e. The lowest BCUT2D eigenvalue weighted by Crippen LogP contribution is -2.55. The van der Waals surface area contributed by atoms with Crippen LogP contribution < -0.4 is 0 Å². The molecule has 0 aliphatic carbocycles. The predicted molar refractivity (Wildman–Crippen MR) is 66.5 cm³/mol. The van der Waals surface area contributed by atoms with Gasteiger partial charge in [-0.15, -0.1) is 0 Å². The molecule has 1 rings (SSSR count). The van der Waals surface area contributed by atoms with Crippen molar-refractivity contribution in [3.05, 3.63) is 0 Å². The molecule has 0 bridgehead atoms. The molecule has 1 heterocycles. The SMILES string of the molecule is CC1CN(C(=O)N(C)C(C)(C)C(=O)O)CCCO1. The monoisotopic (exact) mass is 258 g/mol. The molecule has 1 fully saturated rings. The smallest absolute Gasteiger partial charge is 0.329 e. The molecule has 1 saturated heterocycles. The number of carboxylic acids is 1. The van der Waals surface area contributed by atoms with E-state index in [1.54, 1.807) is 4.90 Å². The van der Waals surface area contributed by atoms with Gasteiger partial charge in [0.05, 0.1) is 6.10 Å². The van der Waals surface area contributed by atoms with E-state index in [0.29, 0.717) is 19.7 Å². The maximum atomic E-state index is 12.3. The Kier molecular flexibility index (Phi) is 4.56. The van der Waals surface area contributed by atoms with Gasteiger partial charge in [-0.25, -0.2) is 9.59 Å². The average Bonchev–Trinajstić information content (AvgIpc) is 2.51. The molecule has 104 valence electrons. The van der Waals surface area contributed by atoms with Gasteiger partial charge in [-0.1, -0.05) is 0 Å². The summed E-state index contributed by atoms with van der Waals surface area (Å²) in [6, 6.07) is -0.264. The van der Waals surface area contributed by atoms with Crippen LogP contribution in [0.4, 0.5) is 4.79 Å². The van der Waals surface area contributed by atoms with Crippen LogP contribution in [0.5, 0.6) is 0 Å². The first-order valence-corrected chi connectivity index (χ1v) is 6.14. The standard InChI is InChI=1S/C12H22N2O4/c1-9-8-14(6-5-7-18-9)11(17)13(4)12(2,3)10(15)16/h9H,5-8H2,1-4H3,(H,15,16). The van der Waals surface area contributed by atoms with Crippen molar-refractivity contribution in [3.63, 3.8) is 0 Å². The zero-order valence-corrected chi connectivity index (χ0v) is 11.5. The van der Waals surface area contributed by atoms with E-state index in [-0.39, 0.29) is 12.1 Å². The van der Waals surface area contributed by atoms with Gasteiger partial charge in [0, 0.05) is 26.7 Å². The van der Waals surface area contributed by atoms with Crippen LogP contribution in [0, 0.1) is 0 Å². The zero-order chi connectivity index (χ0) is 13.9. The lowest BCUT2D eigenvalue weighted by atomic mass is 10.0. The lowest BCUT2D eigenvalue weighted by Gasteiger charge is -2.36. The van der Waals surface area contributed by atoms with E-state index in [1.807, 2.05) is 6.92 Å². The summed E-state index contributed by atoms with van der Waals surface area (Å²) in [5.41, 5.74) is -1.21. The minimum Gasteiger partial charge on any atom is -0.480 e. The number of carbonyl (C=O) groups is 2. The van der Waals surface area contributed by atoms with Gasteiger partial charge in [0.25, 0.3) is 0 Å². The molecule has 0 radical (unpaired) electrons. The number of urea groups is 1. The van der Waals surface area contributed by atoms with Crippen LogP contribution in [-0.2, 0) is 9.53 Å². The third-order valence-electron chi connectivity index (χ3n) is 3.37. The molecule has 6 nitrogen and oxygen atoms in total. The predicted octanol–water partition coefficient (Wildman–Crippen LogP) is 1.01. The van der Waals surface area contributed by atoms with Gasteiger partial charge in [-0.3, -0.25) is 0 Å². The molecule has 1 unspecified atom stereocenters. The molecule has 0 spiro atoms. The van der Waals surface area contributed by atoms with E-state index in [2.05, 4.69) is 0 Å².